The second-order valence-corrected chi connectivity index (χ2v) is 4.08. The average molecular weight is 212 g/mol. The van der Waals surface area contributed by atoms with E-state index < -0.39 is 0 Å². The first-order valence-electron chi connectivity index (χ1n) is 4.78. The molecule has 0 spiro atoms. The molecule has 0 saturated carbocycles. The first-order valence-corrected chi connectivity index (χ1v) is 5.52. The van der Waals surface area contributed by atoms with Crippen LogP contribution in [0.25, 0.3) is 11.1 Å². The molecular formula is C13H8OS. The molecule has 3 rings (SSSR count). The highest BCUT2D eigenvalue weighted by Gasteiger charge is 2.22. The van der Waals surface area contributed by atoms with Gasteiger partial charge in [-0.15, -0.1) is 0 Å². The van der Waals surface area contributed by atoms with E-state index in [-0.39, 0.29) is 0 Å². The molecule has 0 amide bonds. The Labute approximate surface area is 91.5 Å². The van der Waals surface area contributed by atoms with Crippen molar-refractivity contribution in [1.29, 1.82) is 0 Å². The summed E-state index contributed by atoms with van der Waals surface area (Å²) in [5.74, 6) is 0. The minimum Gasteiger partial charge on any atom is -0.212 e. The molecule has 0 aromatic heterocycles. The lowest BCUT2D eigenvalue weighted by atomic mass is 10.1. The van der Waals surface area contributed by atoms with Crippen LogP contribution in [-0.4, -0.2) is 9.07 Å². The van der Waals surface area contributed by atoms with Crippen LogP contribution in [0.2, 0.25) is 0 Å². The van der Waals surface area contributed by atoms with Gasteiger partial charge in [0.25, 0.3) is 0 Å². The van der Waals surface area contributed by atoms with Gasteiger partial charge in [0.15, 0.2) is 0 Å². The quantitative estimate of drug-likeness (QED) is 0.523. The Hall–Kier alpha value is -1.67. The van der Waals surface area contributed by atoms with E-state index in [0.29, 0.717) is 11.3 Å². The first kappa shape index (κ1) is 8.62. The monoisotopic (exact) mass is 212 g/mol. The van der Waals surface area contributed by atoms with E-state index in [1.54, 1.807) is 0 Å². The maximum absolute atomic E-state index is 11.1. The predicted molar refractivity (Wildman–Crippen MR) is 63.2 cm³/mol. The normalized spacial score (nSPS) is 12.1. The van der Waals surface area contributed by atoms with E-state index in [2.05, 4.69) is 12.1 Å². The Morgan fingerprint density at radius 2 is 1.07 bits per heavy atom. The molecule has 2 aromatic carbocycles. The Morgan fingerprint density at radius 3 is 1.47 bits per heavy atom. The fourth-order valence-corrected chi connectivity index (χ4v) is 2.60. The van der Waals surface area contributed by atoms with Crippen LogP contribution in [-0.2, 0) is 11.3 Å². The highest BCUT2D eigenvalue weighted by atomic mass is 32.1. The average Bonchev–Trinajstić information content (AvgIpc) is 2.63. The summed E-state index contributed by atoms with van der Waals surface area (Å²) < 4.78 is 11.1. The van der Waals surface area contributed by atoms with Crippen molar-refractivity contribution >= 4 is 16.1 Å². The fraction of sp³-hybridized carbons (Fsp3) is 0. The van der Waals surface area contributed by atoms with Crippen LogP contribution in [0, 0.1) is 0 Å². The van der Waals surface area contributed by atoms with Crippen LogP contribution in [0.4, 0.5) is 0 Å². The number of rotatable bonds is 0. The van der Waals surface area contributed by atoms with E-state index in [9.17, 15) is 4.21 Å². The highest BCUT2D eigenvalue weighted by molar-refractivity contribution is 7.67. The second-order valence-electron chi connectivity index (χ2n) is 3.50. The molecule has 0 radical (unpaired) electrons. The third-order valence-electron chi connectivity index (χ3n) is 2.72. The van der Waals surface area contributed by atoms with Gasteiger partial charge in [-0.2, -0.15) is 0 Å². The number of hydrogen-bond acceptors (Lipinski definition) is 1. The van der Waals surface area contributed by atoms with Crippen LogP contribution >= 0.6 is 0 Å². The second kappa shape index (κ2) is 3.17. The van der Waals surface area contributed by atoms with Gasteiger partial charge >= 0.3 is 0 Å². The zero-order chi connectivity index (χ0) is 10.3. The topological polar surface area (TPSA) is 17.1 Å². The van der Waals surface area contributed by atoms with Crippen molar-refractivity contribution in [2.75, 3.05) is 0 Å². The van der Waals surface area contributed by atoms with Gasteiger partial charge in [0.1, 0.15) is 0 Å². The Bertz CT molecular complexity index is 547. The van der Waals surface area contributed by atoms with Crippen LogP contribution in [0.5, 0.6) is 0 Å². The van der Waals surface area contributed by atoms with Gasteiger partial charge in [-0.25, -0.2) is 4.21 Å². The maximum Gasteiger partial charge on any atom is 0.0978 e. The molecule has 0 bridgehead atoms. The Morgan fingerprint density at radius 1 is 0.667 bits per heavy atom. The summed E-state index contributed by atoms with van der Waals surface area (Å²) in [6.07, 6.45) is 0. The van der Waals surface area contributed by atoms with Gasteiger partial charge in [-0.05, 0) is 11.1 Å². The molecule has 2 heteroatoms. The van der Waals surface area contributed by atoms with Gasteiger partial charge in [0, 0.05) is 11.1 Å². The smallest absolute Gasteiger partial charge is 0.0978 e. The maximum atomic E-state index is 11.1. The Kier molecular flexibility index (Phi) is 1.82. The molecule has 0 unspecified atom stereocenters. The van der Waals surface area contributed by atoms with Crippen LogP contribution in [0.15, 0.2) is 48.5 Å². The standard InChI is InChI=1S/C13H8OS/c14-15-13-11-7-3-1-5-9(11)10-6-2-4-8-12(10)13/h1-8H. The summed E-state index contributed by atoms with van der Waals surface area (Å²) in [6, 6.07) is 16.1. The molecule has 0 heterocycles. The minimum absolute atomic E-state index is 0.584. The summed E-state index contributed by atoms with van der Waals surface area (Å²) >= 11 is 0.584. The zero-order valence-corrected chi connectivity index (χ0v) is 8.75. The molecule has 1 nitrogen and oxygen atoms in total. The van der Waals surface area contributed by atoms with Crippen molar-refractivity contribution in [3.63, 3.8) is 0 Å². The molecular weight excluding hydrogens is 204 g/mol. The van der Waals surface area contributed by atoms with Gasteiger partial charge < -0.3 is 0 Å². The van der Waals surface area contributed by atoms with E-state index in [1.165, 1.54) is 11.1 Å². The lowest BCUT2D eigenvalue weighted by molar-refractivity contribution is 0.701. The van der Waals surface area contributed by atoms with Crippen LogP contribution < -0.4 is 0 Å². The summed E-state index contributed by atoms with van der Waals surface area (Å²) in [5, 5.41) is 0. The van der Waals surface area contributed by atoms with Crippen LogP contribution in [0.1, 0.15) is 11.1 Å². The van der Waals surface area contributed by atoms with E-state index in [4.69, 9.17) is 0 Å². The molecule has 0 atom stereocenters. The third-order valence-corrected chi connectivity index (χ3v) is 3.32. The number of hydrogen-bond donors (Lipinski definition) is 0. The highest BCUT2D eigenvalue weighted by Crippen LogP contribution is 2.35. The lowest BCUT2D eigenvalue weighted by Gasteiger charge is -1.97. The number of benzene rings is 2. The van der Waals surface area contributed by atoms with Gasteiger partial charge in [0.2, 0.25) is 0 Å². The molecule has 0 saturated heterocycles. The molecule has 0 aliphatic heterocycles. The fourth-order valence-electron chi connectivity index (χ4n) is 2.07. The van der Waals surface area contributed by atoms with Crippen molar-refractivity contribution in [1.82, 2.24) is 0 Å². The minimum atomic E-state index is 0.584. The van der Waals surface area contributed by atoms with Crippen molar-refractivity contribution in [2.24, 2.45) is 0 Å². The van der Waals surface area contributed by atoms with E-state index in [0.717, 1.165) is 16.0 Å². The third kappa shape index (κ3) is 1.12. The summed E-state index contributed by atoms with van der Waals surface area (Å²) in [5.41, 5.74) is 4.48. The zero-order valence-electron chi connectivity index (χ0n) is 7.94. The van der Waals surface area contributed by atoms with Crippen molar-refractivity contribution in [3.8, 4) is 11.1 Å². The largest absolute Gasteiger partial charge is 0.212 e. The van der Waals surface area contributed by atoms with E-state index in [1.807, 2.05) is 36.4 Å². The van der Waals surface area contributed by atoms with Crippen LogP contribution in [0.3, 0.4) is 0 Å². The van der Waals surface area contributed by atoms with Crippen molar-refractivity contribution in [2.45, 2.75) is 0 Å². The molecule has 15 heavy (non-hydrogen) atoms. The van der Waals surface area contributed by atoms with Gasteiger partial charge in [0.05, 0.1) is 16.1 Å². The molecule has 72 valence electrons. The van der Waals surface area contributed by atoms with E-state index >= 15 is 0 Å². The van der Waals surface area contributed by atoms with Crippen molar-refractivity contribution in [3.05, 3.63) is 59.7 Å². The lowest BCUT2D eigenvalue weighted by Crippen LogP contribution is -1.96. The predicted octanol–water partition coefficient (Wildman–Crippen LogP) is 2.45. The van der Waals surface area contributed by atoms with Gasteiger partial charge in [-0.3, -0.25) is 0 Å². The molecule has 1 aliphatic carbocycles. The first-order chi connectivity index (χ1) is 7.42. The van der Waals surface area contributed by atoms with Gasteiger partial charge in [-0.1, -0.05) is 48.5 Å². The molecule has 1 aliphatic rings. The summed E-state index contributed by atoms with van der Waals surface area (Å²) in [7, 11) is 0. The molecule has 0 fully saturated rings. The van der Waals surface area contributed by atoms with Crippen molar-refractivity contribution < 1.29 is 4.21 Å². The molecule has 2 aromatic rings. The number of fused-ring (bicyclic) bond motifs is 3. The summed E-state index contributed by atoms with van der Waals surface area (Å²) in [4.78, 5) is 0.848. The SMILES string of the molecule is O=S=C1c2ccccc2-c2ccccc21. The Balaban J connectivity index is 2.47. The summed E-state index contributed by atoms with van der Waals surface area (Å²) in [6.45, 7) is 0. The molecule has 0 N–H and O–H groups in total.